The SMILES string of the molecule is COc1ccc(CC(=O)Nc2ccc(CNC(=O)CNC(=O)OC(C)(C)C)cc2)cc1. The van der Waals surface area contributed by atoms with Crippen LogP contribution in [0.2, 0.25) is 0 Å². The van der Waals surface area contributed by atoms with Crippen LogP contribution in [0.25, 0.3) is 0 Å². The van der Waals surface area contributed by atoms with Gasteiger partial charge in [-0.15, -0.1) is 0 Å². The summed E-state index contributed by atoms with van der Waals surface area (Å²) in [6.07, 6.45) is -0.385. The first-order valence-electron chi connectivity index (χ1n) is 9.90. The van der Waals surface area contributed by atoms with Crippen LogP contribution in [0.5, 0.6) is 5.75 Å². The number of ether oxygens (including phenoxy) is 2. The number of amides is 3. The van der Waals surface area contributed by atoms with Crippen LogP contribution >= 0.6 is 0 Å². The first-order chi connectivity index (χ1) is 14.6. The van der Waals surface area contributed by atoms with Gasteiger partial charge in [-0.3, -0.25) is 9.59 Å². The number of benzene rings is 2. The van der Waals surface area contributed by atoms with E-state index in [2.05, 4.69) is 16.0 Å². The lowest BCUT2D eigenvalue weighted by Crippen LogP contribution is -2.39. The molecule has 0 radical (unpaired) electrons. The second-order valence-corrected chi connectivity index (χ2v) is 7.90. The number of alkyl carbamates (subject to hydrolysis) is 1. The molecule has 0 aliphatic rings. The third kappa shape index (κ3) is 9.20. The summed E-state index contributed by atoms with van der Waals surface area (Å²) in [5, 5.41) is 7.96. The van der Waals surface area contributed by atoms with Crippen molar-refractivity contribution in [3.8, 4) is 5.75 Å². The van der Waals surface area contributed by atoms with E-state index in [1.54, 1.807) is 40.0 Å². The van der Waals surface area contributed by atoms with E-state index in [0.29, 0.717) is 12.2 Å². The van der Waals surface area contributed by atoms with Crippen molar-refractivity contribution in [1.82, 2.24) is 10.6 Å². The highest BCUT2D eigenvalue weighted by molar-refractivity contribution is 5.92. The molecular formula is C23H29N3O5. The monoisotopic (exact) mass is 427 g/mol. The van der Waals surface area contributed by atoms with Crippen LogP contribution in [0.15, 0.2) is 48.5 Å². The Labute approximate surface area is 182 Å². The number of hydrogen-bond donors (Lipinski definition) is 3. The van der Waals surface area contributed by atoms with Crippen LogP contribution in [0.3, 0.4) is 0 Å². The third-order valence-electron chi connectivity index (χ3n) is 4.04. The predicted octanol–water partition coefficient (Wildman–Crippen LogP) is 3.02. The zero-order valence-electron chi connectivity index (χ0n) is 18.3. The molecule has 0 aliphatic heterocycles. The van der Waals surface area contributed by atoms with E-state index < -0.39 is 11.7 Å². The maximum atomic E-state index is 12.2. The molecule has 8 nitrogen and oxygen atoms in total. The molecule has 0 fully saturated rings. The molecule has 0 saturated heterocycles. The van der Waals surface area contributed by atoms with Gasteiger partial charge in [0, 0.05) is 12.2 Å². The summed E-state index contributed by atoms with van der Waals surface area (Å²) in [6.45, 7) is 5.37. The predicted molar refractivity (Wildman–Crippen MR) is 118 cm³/mol. The van der Waals surface area contributed by atoms with Crippen LogP contribution in [-0.4, -0.2) is 37.2 Å². The largest absolute Gasteiger partial charge is 0.497 e. The molecule has 8 heteroatoms. The topological polar surface area (TPSA) is 106 Å². The normalized spacial score (nSPS) is 10.7. The Bertz CT molecular complexity index is 887. The Kier molecular flexibility index (Phi) is 8.43. The lowest BCUT2D eigenvalue weighted by atomic mass is 10.1. The van der Waals surface area contributed by atoms with Crippen molar-refractivity contribution in [3.05, 3.63) is 59.7 Å². The summed E-state index contributed by atoms with van der Waals surface area (Å²) in [4.78, 5) is 35.6. The lowest BCUT2D eigenvalue weighted by molar-refractivity contribution is -0.120. The molecule has 3 amide bonds. The molecule has 0 spiro atoms. The van der Waals surface area contributed by atoms with Crippen molar-refractivity contribution >= 4 is 23.6 Å². The fraction of sp³-hybridized carbons (Fsp3) is 0.348. The summed E-state index contributed by atoms with van der Waals surface area (Å²) in [5.74, 6) is 0.287. The number of methoxy groups -OCH3 is 1. The van der Waals surface area contributed by atoms with E-state index in [4.69, 9.17) is 9.47 Å². The number of nitrogens with one attached hydrogen (secondary N) is 3. The standard InChI is InChI=1S/C23H29N3O5/c1-23(2,3)31-22(29)25-15-21(28)24-14-17-5-9-18(10-6-17)26-20(27)13-16-7-11-19(30-4)12-8-16/h5-12H,13-15H2,1-4H3,(H,24,28)(H,25,29)(H,26,27). The van der Waals surface area contributed by atoms with E-state index in [-0.39, 0.29) is 24.8 Å². The lowest BCUT2D eigenvalue weighted by Gasteiger charge is -2.19. The quantitative estimate of drug-likeness (QED) is 0.601. The van der Waals surface area contributed by atoms with Crippen LogP contribution in [0, 0.1) is 0 Å². The molecule has 0 heterocycles. The number of hydrogen-bond acceptors (Lipinski definition) is 5. The highest BCUT2D eigenvalue weighted by Crippen LogP contribution is 2.14. The molecule has 0 aliphatic carbocycles. The number of carbonyl (C=O) groups excluding carboxylic acids is 3. The van der Waals surface area contributed by atoms with Crippen molar-refractivity contribution in [2.75, 3.05) is 19.0 Å². The fourth-order valence-corrected chi connectivity index (χ4v) is 2.57. The third-order valence-corrected chi connectivity index (χ3v) is 4.04. The summed E-state index contributed by atoms with van der Waals surface area (Å²) < 4.78 is 10.2. The molecule has 0 saturated carbocycles. The van der Waals surface area contributed by atoms with Crippen LogP contribution in [-0.2, 0) is 27.3 Å². The van der Waals surface area contributed by atoms with Gasteiger partial charge < -0.3 is 25.4 Å². The second kappa shape index (κ2) is 11.0. The molecule has 2 aromatic rings. The van der Waals surface area contributed by atoms with Crippen LogP contribution in [0.4, 0.5) is 10.5 Å². The van der Waals surface area contributed by atoms with E-state index in [9.17, 15) is 14.4 Å². The minimum atomic E-state index is -0.641. The number of anilines is 1. The number of carbonyl (C=O) groups is 3. The van der Waals surface area contributed by atoms with Gasteiger partial charge in [0.15, 0.2) is 0 Å². The Morgan fingerprint density at radius 2 is 1.45 bits per heavy atom. The maximum Gasteiger partial charge on any atom is 0.408 e. The smallest absolute Gasteiger partial charge is 0.408 e. The highest BCUT2D eigenvalue weighted by atomic mass is 16.6. The minimum absolute atomic E-state index is 0.126. The Morgan fingerprint density at radius 1 is 0.839 bits per heavy atom. The minimum Gasteiger partial charge on any atom is -0.497 e. The van der Waals surface area contributed by atoms with Crippen molar-refractivity contribution in [2.24, 2.45) is 0 Å². The fourth-order valence-electron chi connectivity index (χ4n) is 2.57. The van der Waals surface area contributed by atoms with E-state index >= 15 is 0 Å². The zero-order chi connectivity index (χ0) is 22.9. The molecule has 0 aromatic heterocycles. The van der Waals surface area contributed by atoms with Crippen molar-refractivity contribution in [1.29, 1.82) is 0 Å². The summed E-state index contributed by atoms with van der Waals surface area (Å²) in [5.41, 5.74) is 1.79. The van der Waals surface area contributed by atoms with Gasteiger partial charge in [-0.25, -0.2) is 4.79 Å². The van der Waals surface area contributed by atoms with Gasteiger partial charge in [-0.1, -0.05) is 24.3 Å². The maximum absolute atomic E-state index is 12.2. The highest BCUT2D eigenvalue weighted by Gasteiger charge is 2.16. The van der Waals surface area contributed by atoms with Gasteiger partial charge in [0.25, 0.3) is 0 Å². The van der Waals surface area contributed by atoms with Gasteiger partial charge in [0.1, 0.15) is 17.9 Å². The average molecular weight is 428 g/mol. The molecule has 166 valence electrons. The molecule has 0 atom stereocenters. The molecule has 31 heavy (non-hydrogen) atoms. The van der Waals surface area contributed by atoms with Crippen LogP contribution in [0.1, 0.15) is 31.9 Å². The molecular weight excluding hydrogens is 398 g/mol. The van der Waals surface area contributed by atoms with Crippen molar-refractivity contribution < 1.29 is 23.9 Å². The van der Waals surface area contributed by atoms with Crippen molar-refractivity contribution in [2.45, 2.75) is 39.3 Å². The van der Waals surface area contributed by atoms with Gasteiger partial charge in [-0.05, 0) is 56.2 Å². The van der Waals surface area contributed by atoms with E-state index in [1.807, 2.05) is 36.4 Å². The molecule has 0 bridgehead atoms. The molecule has 0 unspecified atom stereocenters. The van der Waals surface area contributed by atoms with E-state index in [1.165, 1.54) is 0 Å². The first kappa shape index (κ1) is 23.7. The average Bonchev–Trinajstić information content (AvgIpc) is 2.71. The summed E-state index contributed by atoms with van der Waals surface area (Å²) >= 11 is 0. The molecule has 2 aromatic carbocycles. The molecule has 2 rings (SSSR count). The van der Waals surface area contributed by atoms with Crippen LogP contribution < -0.4 is 20.7 Å². The zero-order valence-corrected chi connectivity index (χ0v) is 18.3. The van der Waals surface area contributed by atoms with Gasteiger partial charge in [0.2, 0.25) is 11.8 Å². The van der Waals surface area contributed by atoms with Gasteiger partial charge >= 0.3 is 6.09 Å². The van der Waals surface area contributed by atoms with Gasteiger partial charge in [0.05, 0.1) is 13.5 Å². The van der Waals surface area contributed by atoms with Crippen molar-refractivity contribution in [3.63, 3.8) is 0 Å². The summed E-state index contributed by atoms with van der Waals surface area (Å²) in [7, 11) is 1.60. The molecule has 3 N–H and O–H groups in total. The summed E-state index contributed by atoms with van der Waals surface area (Å²) in [6, 6.07) is 14.5. The van der Waals surface area contributed by atoms with E-state index in [0.717, 1.165) is 16.9 Å². The number of rotatable bonds is 8. The first-order valence-corrected chi connectivity index (χ1v) is 9.90. The van der Waals surface area contributed by atoms with Gasteiger partial charge in [-0.2, -0.15) is 0 Å². The second-order valence-electron chi connectivity index (χ2n) is 7.90. The Hall–Kier alpha value is -3.55. The Balaban J connectivity index is 1.73. The Morgan fingerprint density at radius 3 is 2.03 bits per heavy atom.